The average molecular weight is 445 g/mol. The molecule has 6 heteroatoms. The number of halogens is 1. The highest BCUT2D eigenvalue weighted by Gasteiger charge is 2.35. The van der Waals surface area contributed by atoms with Crippen LogP contribution in [-0.4, -0.2) is 38.8 Å². The number of aliphatic imine (C=N–C) groups is 1. The molecule has 134 valence electrons. The monoisotopic (exact) mass is 445 g/mol. The van der Waals surface area contributed by atoms with Crippen molar-refractivity contribution in [2.45, 2.75) is 38.7 Å². The van der Waals surface area contributed by atoms with Crippen LogP contribution in [0, 0.1) is 5.41 Å². The van der Waals surface area contributed by atoms with Crippen molar-refractivity contribution < 1.29 is 9.47 Å². The Bertz CT molecular complexity index is 555. The predicted octanol–water partition coefficient (Wildman–Crippen LogP) is 3.19. The van der Waals surface area contributed by atoms with Gasteiger partial charge < -0.3 is 20.1 Å². The summed E-state index contributed by atoms with van der Waals surface area (Å²) < 4.78 is 11.7. The minimum atomic E-state index is -0.00714. The van der Waals surface area contributed by atoms with Crippen LogP contribution in [0.15, 0.2) is 29.3 Å². The maximum absolute atomic E-state index is 5.96. The zero-order chi connectivity index (χ0) is 16.1. The van der Waals surface area contributed by atoms with Crippen LogP contribution in [0.2, 0.25) is 0 Å². The van der Waals surface area contributed by atoms with Gasteiger partial charge in [-0.2, -0.15) is 0 Å². The maximum Gasteiger partial charge on any atom is 0.191 e. The summed E-state index contributed by atoms with van der Waals surface area (Å²) in [6, 6.07) is 7.79. The fourth-order valence-electron chi connectivity index (χ4n) is 3.20. The summed E-state index contributed by atoms with van der Waals surface area (Å²) in [6.45, 7) is 4.50. The lowest BCUT2D eigenvalue weighted by molar-refractivity contribution is 0.0933. The topological polar surface area (TPSA) is 54.9 Å². The molecule has 0 radical (unpaired) electrons. The normalized spacial score (nSPS) is 21.2. The molecule has 1 aromatic rings. The van der Waals surface area contributed by atoms with Gasteiger partial charge in [-0.05, 0) is 36.8 Å². The van der Waals surface area contributed by atoms with E-state index in [1.54, 1.807) is 0 Å². The van der Waals surface area contributed by atoms with E-state index in [1.165, 1.54) is 25.7 Å². The Morgan fingerprint density at radius 2 is 2.00 bits per heavy atom. The van der Waals surface area contributed by atoms with Crippen molar-refractivity contribution in [1.82, 2.24) is 10.6 Å². The molecule has 1 aromatic carbocycles. The lowest BCUT2D eigenvalue weighted by Crippen LogP contribution is -2.49. The van der Waals surface area contributed by atoms with E-state index in [2.05, 4.69) is 22.5 Å². The Morgan fingerprint density at radius 3 is 2.62 bits per heavy atom. The molecule has 2 N–H and O–H groups in total. The SMILES string of the molecule is CCC1(CNC(=NC)NCC2COc3ccccc3O2)CCC1.I. The molecule has 2 aliphatic rings. The number of fused-ring (bicyclic) bond motifs is 1. The number of hydrogen-bond acceptors (Lipinski definition) is 3. The average Bonchev–Trinajstić information content (AvgIpc) is 2.56. The molecular weight excluding hydrogens is 417 g/mol. The smallest absolute Gasteiger partial charge is 0.191 e. The Kier molecular flexibility index (Phi) is 7.01. The second-order valence-corrected chi connectivity index (χ2v) is 6.51. The first-order valence-electron chi connectivity index (χ1n) is 8.58. The Morgan fingerprint density at radius 1 is 1.25 bits per heavy atom. The minimum Gasteiger partial charge on any atom is -0.486 e. The third kappa shape index (κ3) is 4.46. The van der Waals surface area contributed by atoms with Crippen LogP contribution in [0.25, 0.3) is 0 Å². The summed E-state index contributed by atoms with van der Waals surface area (Å²) in [5.41, 5.74) is 0.473. The molecule has 3 rings (SSSR count). The molecule has 1 heterocycles. The molecule has 0 saturated heterocycles. The van der Waals surface area contributed by atoms with Gasteiger partial charge in [-0.3, -0.25) is 4.99 Å². The number of hydrogen-bond donors (Lipinski definition) is 2. The molecule has 0 aromatic heterocycles. The van der Waals surface area contributed by atoms with Gasteiger partial charge in [-0.15, -0.1) is 24.0 Å². The van der Waals surface area contributed by atoms with Crippen LogP contribution in [-0.2, 0) is 0 Å². The molecule has 1 saturated carbocycles. The van der Waals surface area contributed by atoms with Crippen LogP contribution in [0.5, 0.6) is 11.5 Å². The summed E-state index contributed by atoms with van der Waals surface area (Å²) in [6.07, 6.45) is 5.22. The fourth-order valence-corrected chi connectivity index (χ4v) is 3.20. The molecular formula is C18H28IN3O2. The van der Waals surface area contributed by atoms with Crippen LogP contribution in [0.1, 0.15) is 32.6 Å². The first-order valence-corrected chi connectivity index (χ1v) is 8.58. The quantitative estimate of drug-likeness (QED) is 0.416. The van der Waals surface area contributed by atoms with Crippen molar-refractivity contribution in [1.29, 1.82) is 0 Å². The van der Waals surface area contributed by atoms with Gasteiger partial charge in [0.1, 0.15) is 12.7 Å². The number of rotatable bonds is 5. The molecule has 1 aliphatic heterocycles. The highest BCUT2D eigenvalue weighted by Crippen LogP contribution is 2.43. The molecule has 0 amide bonds. The first kappa shape index (κ1) is 19.1. The van der Waals surface area contributed by atoms with Crippen molar-refractivity contribution in [3.05, 3.63) is 24.3 Å². The van der Waals surface area contributed by atoms with Crippen molar-refractivity contribution in [2.24, 2.45) is 10.4 Å². The highest BCUT2D eigenvalue weighted by molar-refractivity contribution is 14.0. The number of para-hydroxylation sites is 2. The van der Waals surface area contributed by atoms with Gasteiger partial charge in [-0.1, -0.05) is 25.5 Å². The summed E-state index contributed by atoms with van der Waals surface area (Å²) in [5.74, 6) is 2.47. The number of ether oxygens (including phenoxy) is 2. The van der Waals surface area contributed by atoms with Crippen molar-refractivity contribution in [2.75, 3.05) is 26.7 Å². The maximum atomic E-state index is 5.96. The molecule has 1 aliphatic carbocycles. The van der Waals surface area contributed by atoms with Gasteiger partial charge in [0.05, 0.1) is 6.54 Å². The molecule has 1 fully saturated rings. The fraction of sp³-hybridized carbons (Fsp3) is 0.611. The lowest BCUT2D eigenvalue weighted by Gasteiger charge is -2.41. The van der Waals surface area contributed by atoms with Crippen LogP contribution >= 0.6 is 24.0 Å². The van der Waals surface area contributed by atoms with Crippen molar-refractivity contribution in [3.63, 3.8) is 0 Å². The number of benzene rings is 1. The lowest BCUT2D eigenvalue weighted by atomic mass is 9.67. The third-order valence-corrected chi connectivity index (χ3v) is 5.08. The number of nitrogens with zero attached hydrogens (tertiary/aromatic N) is 1. The highest BCUT2D eigenvalue weighted by atomic mass is 127. The Hall–Kier alpha value is -1.18. The minimum absolute atomic E-state index is 0. The van der Waals surface area contributed by atoms with Crippen molar-refractivity contribution in [3.8, 4) is 11.5 Å². The number of guanidine groups is 1. The van der Waals surface area contributed by atoms with E-state index in [1.807, 2.05) is 31.3 Å². The van der Waals surface area contributed by atoms with Crippen LogP contribution in [0.4, 0.5) is 0 Å². The van der Waals surface area contributed by atoms with Gasteiger partial charge >= 0.3 is 0 Å². The van der Waals surface area contributed by atoms with E-state index in [0.717, 1.165) is 24.0 Å². The van der Waals surface area contributed by atoms with Gasteiger partial charge in [0.15, 0.2) is 17.5 Å². The summed E-state index contributed by atoms with van der Waals surface area (Å²) in [7, 11) is 1.81. The van der Waals surface area contributed by atoms with E-state index >= 15 is 0 Å². The molecule has 1 atom stereocenters. The van der Waals surface area contributed by atoms with E-state index in [-0.39, 0.29) is 30.1 Å². The first-order chi connectivity index (χ1) is 11.2. The van der Waals surface area contributed by atoms with E-state index < -0.39 is 0 Å². The summed E-state index contributed by atoms with van der Waals surface area (Å²) in [4.78, 5) is 4.31. The van der Waals surface area contributed by atoms with Gasteiger partial charge in [0, 0.05) is 13.6 Å². The van der Waals surface area contributed by atoms with Crippen LogP contribution in [0.3, 0.4) is 0 Å². The Balaban J connectivity index is 0.00000208. The molecule has 5 nitrogen and oxygen atoms in total. The van der Waals surface area contributed by atoms with Crippen molar-refractivity contribution >= 4 is 29.9 Å². The molecule has 0 spiro atoms. The molecule has 0 bridgehead atoms. The van der Waals surface area contributed by atoms with Gasteiger partial charge in [-0.25, -0.2) is 0 Å². The zero-order valence-electron chi connectivity index (χ0n) is 14.5. The summed E-state index contributed by atoms with van der Waals surface area (Å²) in [5, 5.41) is 6.81. The number of nitrogens with one attached hydrogen (secondary N) is 2. The van der Waals surface area contributed by atoms with E-state index in [4.69, 9.17) is 9.47 Å². The standard InChI is InChI=1S/C18H27N3O2.HI/c1-3-18(9-6-10-18)13-21-17(19-2)20-11-14-12-22-15-7-4-5-8-16(15)23-14;/h4-5,7-8,14H,3,6,9-13H2,1-2H3,(H2,19,20,21);1H. The van der Waals surface area contributed by atoms with Gasteiger partial charge in [0.2, 0.25) is 0 Å². The predicted molar refractivity (Wildman–Crippen MR) is 108 cm³/mol. The second-order valence-electron chi connectivity index (χ2n) is 6.51. The van der Waals surface area contributed by atoms with E-state index in [9.17, 15) is 0 Å². The molecule has 24 heavy (non-hydrogen) atoms. The Labute approximate surface area is 161 Å². The zero-order valence-corrected chi connectivity index (χ0v) is 16.8. The largest absolute Gasteiger partial charge is 0.486 e. The summed E-state index contributed by atoms with van der Waals surface area (Å²) >= 11 is 0. The second kappa shape index (κ2) is 8.78. The molecule has 1 unspecified atom stereocenters. The van der Waals surface area contributed by atoms with E-state index in [0.29, 0.717) is 18.6 Å². The third-order valence-electron chi connectivity index (χ3n) is 5.08. The van der Waals surface area contributed by atoms with Crippen LogP contribution < -0.4 is 20.1 Å². The van der Waals surface area contributed by atoms with Gasteiger partial charge in [0.25, 0.3) is 0 Å².